The molecule has 0 radical (unpaired) electrons. The van der Waals surface area contributed by atoms with Crippen LogP contribution in [0.25, 0.3) is 0 Å². The Morgan fingerprint density at radius 2 is 1.83 bits per heavy atom. The first-order valence-electron chi connectivity index (χ1n) is 8.68. The quantitative estimate of drug-likeness (QED) is 0.561. The van der Waals surface area contributed by atoms with Crippen LogP contribution >= 0.6 is 15.9 Å². The fraction of sp³-hybridized carbons (Fsp3) is 0.0952. The van der Waals surface area contributed by atoms with Gasteiger partial charge in [0.2, 0.25) is 5.88 Å². The van der Waals surface area contributed by atoms with E-state index in [1.54, 1.807) is 36.4 Å². The highest BCUT2D eigenvalue weighted by molar-refractivity contribution is 9.10. The Bertz CT molecular complexity index is 1010. The van der Waals surface area contributed by atoms with E-state index in [1.807, 2.05) is 24.3 Å². The minimum atomic E-state index is -0.324. The lowest BCUT2D eigenvalue weighted by atomic mass is 10.2. The second-order valence-corrected chi connectivity index (χ2v) is 6.80. The number of anilines is 1. The summed E-state index contributed by atoms with van der Waals surface area (Å²) in [6.07, 6.45) is 1.44. The van der Waals surface area contributed by atoms with Crippen molar-refractivity contribution < 1.29 is 19.1 Å². The maximum Gasteiger partial charge on any atom is 0.257 e. The van der Waals surface area contributed by atoms with Crippen LogP contribution in [0.3, 0.4) is 0 Å². The van der Waals surface area contributed by atoms with Gasteiger partial charge in [0.25, 0.3) is 11.8 Å². The molecule has 148 valence electrons. The molecule has 0 unspecified atom stereocenters. The number of ether oxygens (including phenoxy) is 2. The molecule has 0 aliphatic carbocycles. The lowest BCUT2D eigenvalue weighted by Crippen LogP contribution is -2.24. The minimum Gasteiger partial charge on any atom is -0.484 e. The summed E-state index contributed by atoms with van der Waals surface area (Å²) in [7, 11) is 1.53. The molecule has 2 amide bonds. The summed E-state index contributed by atoms with van der Waals surface area (Å²) in [5, 5.41) is 5.24. The SMILES string of the molecule is CNC(=O)COc1cccc(NC(=O)c2ccc(Oc3cccc(Br)c3)nc2)c1. The Morgan fingerprint density at radius 3 is 2.55 bits per heavy atom. The lowest BCUT2D eigenvalue weighted by Gasteiger charge is -2.09. The molecule has 0 saturated carbocycles. The van der Waals surface area contributed by atoms with E-state index in [9.17, 15) is 9.59 Å². The van der Waals surface area contributed by atoms with Crippen molar-refractivity contribution in [3.8, 4) is 17.4 Å². The van der Waals surface area contributed by atoms with E-state index >= 15 is 0 Å². The Kier molecular flexibility index (Phi) is 6.80. The molecule has 0 fully saturated rings. The monoisotopic (exact) mass is 455 g/mol. The highest BCUT2D eigenvalue weighted by atomic mass is 79.9. The summed E-state index contributed by atoms with van der Waals surface area (Å²) in [6, 6.07) is 17.4. The number of benzene rings is 2. The van der Waals surface area contributed by atoms with Gasteiger partial charge in [-0.3, -0.25) is 9.59 Å². The zero-order valence-electron chi connectivity index (χ0n) is 15.5. The van der Waals surface area contributed by atoms with Crippen LogP contribution in [-0.4, -0.2) is 30.5 Å². The van der Waals surface area contributed by atoms with E-state index in [4.69, 9.17) is 9.47 Å². The number of amides is 2. The van der Waals surface area contributed by atoms with E-state index in [1.165, 1.54) is 13.2 Å². The zero-order chi connectivity index (χ0) is 20.6. The number of pyridine rings is 1. The number of nitrogens with zero attached hydrogens (tertiary/aromatic N) is 1. The molecule has 1 aromatic heterocycles. The largest absolute Gasteiger partial charge is 0.484 e. The summed E-state index contributed by atoms with van der Waals surface area (Å²) in [5.41, 5.74) is 0.919. The zero-order valence-corrected chi connectivity index (χ0v) is 17.1. The molecule has 29 heavy (non-hydrogen) atoms. The number of hydrogen-bond donors (Lipinski definition) is 2. The van der Waals surface area contributed by atoms with Gasteiger partial charge in [-0.1, -0.05) is 28.1 Å². The summed E-state index contributed by atoms with van der Waals surface area (Å²) in [6.45, 7) is -0.0999. The van der Waals surface area contributed by atoms with Crippen molar-refractivity contribution in [3.63, 3.8) is 0 Å². The van der Waals surface area contributed by atoms with Crippen molar-refractivity contribution in [1.29, 1.82) is 0 Å². The summed E-state index contributed by atoms with van der Waals surface area (Å²) in [4.78, 5) is 27.9. The van der Waals surface area contributed by atoms with E-state index < -0.39 is 0 Å². The minimum absolute atomic E-state index is 0.0999. The molecule has 2 aromatic carbocycles. The van der Waals surface area contributed by atoms with Crippen LogP contribution in [0, 0.1) is 0 Å². The van der Waals surface area contributed by atoms with E-state index in [0.717, 1.165) is 4.47 Å². The average molecular weight is 456 g/mol. The molecule has 1 heterocycles. The molecule has 2 N–H and O–H groups in total. The number of likely N-dealkylation sites (N-methyl/N-ethyl adjacent to an activating group) is 1. The van der Waals surface area contributed by atoms with Crippen molar-refractivity contribution in [2.75, 3.05) is 19.0 Å². The second-order valence-electron chi connectivity index (χ2n) is 5.89. The van der Waals surface area contributed by atoms with Crippen LogP contribution in [-0.2, 0) is 4.79 Å². The van der Waals surface area contributed by atoms with Gasteiger partial charge in [0.1, 0.15) is 11.5 Å². The van der Waals surface area contributed by atoms with Gasteiger partial charge in [-0.15, -0.1) is 0 Å². The molecular formula is C21H18BrN3O4. The van der Waals surface area contributed by atoms with Crippen LogP contribution in [0.1, 0.15) is 10.4 Å². The van der Waals surface area contributed by atoms with Gasteiger partial charge in [-0.05, 0) is 36.4 Å². The van der Waals surface area contributed by atoms with Crippen LogP contribution in [0.15, 0.2) is 71.3 Å². The maximum absolute atomic E-state index is 12.4. The third-order valence-corrected chi connectivity index (χ3v) is 4.25. The molecule has 0 bridgehead atoms. The van der Waals surface area contributed by atoms with Crippen molar-refractivity contribution in [2.24, 2.45) is 0 Å². The lowest BCUT2D eigenvalue weighted by molar-refractivity contribution is -0.122. The number of halogens is 1. The predicted molar refractivity (Wildman–Crippen MR) is 112 cm³/mol. The van der Waals surface area contributed by atoms with E-state index in [2.05, 4.69) is 31.5 Å². The van der Waals surface area contributed by atoms with Crippen molar-refractivity contribution in [1.82, 2.24) is 10.3 Å². The first-order chi connectivity index (χ1) is 14.0. The molecule has 0 aliphatic rings. The Hall–Kier alpha value is -3.39. The molecule has 8 heteroatoms. The smallest absolute Gasteiger partial charge is 0.257 e. The van der Waals surface area contributed by atoms with Crippen LogP contribution in [0.5, 0.6) is 17.4 Å². The molecule has 7 nitrogen and oxygen atoms in total. The highest BCUT2D eigenvalue weighted by Crippen LogP contribution is 2.23. The normalized spacial score (nSPS) is 10.1. The van der Waals surface area contributed by atoms with Gasteiger partial charge in [-0.2, -0.15) is 0 Å². The van der Waals surface area contributed by atoms with E-state index in [-0.39, 0.29) is 18.4 Å². The highest BCUT2D eigenvalue weighted by Gasteiger charge is 2.09. The van der Waals surface area contributed by atoms with Crippen molar-refractivity contribution in [3.05, 3.63) is 76.9 Å². The van der Waals surface area contributed by atoms with Crippen LogP contribution < -0.4 is 20.1 Å². The van der Waals surface area contributed by atoms with Crippen LogP contribution in [0.2, 0.25) is 0 Å². The third kappa shape index (κ3) is 6.05. The number of carbonyl (C=O) groups is 2. The molecule has 0 atom stereocenters. The summed E-state index contributed by atoms with van der Waals surface area (Å²) < 4.78 is 11.9. The Morgan fingerprint density at radius 1 is 1.03 bits per heavy atom. The van der Waals surface area contributed by atoms with E-state index in [0.29, 0.717) is 28.6 Å². The van der Waals surface area contributed by atoms with Gasteiger partial charge in [-0.25, -0.2) is 4.98 Å². The van der Waals surface area contributed by atoms with Gasteiger partial charge in [0, 0.05) is 35.5 Å². The van der Waals surface area contributed by atoms with Gasteiger partial charge < -0.3 is 20.1 Å². The summed E-state index contributed by atoms with van der Waals surface area (Å²) in [5.74, 6) is 0.926. The molecule has 3 aromatic rings. The van der Waals surface area contributed by atoms with Crippen molar-refractivity contribution >= 4 is 33.4 Å². The number of rotatable bonds is 7. The Labute approximate surface area is 176 Å². The van der Waals surface area contributed by atoms with Crippen LogP contribution in [0.4, 0.5) is 5.69 Å². The third-order valence-electron chi connectivity index (χ3n) is 3.76. The van der Waals surface area contributed by atoms with Gasteiger partial charge in [0.15, 0.2) is 6.61 Å². The first kappa shape index (κ1) is 20.3. The number of carbonyl (C=O) groups excluding carboxylic acids is 2. The standard InChI is InChI=1S/C21H18BrN3O4/c1-23-19(26)13-28-17-6-3-5-16(11-17)25-21(27)14-8-9-20(24-12-14)29-18-7-2-4-15(22)10-18/h2-12H,13H2,1H3,(H,23,26)(H,25,27). The topological polar surface area (TPSA) is 89.6 Å². The number of aromatic nitrogens is 1. The molecule has 0 spiro atoms. The summed E-state index contributed by atoms with van der Waals surface area (Å²) >= 11 is 3.38. The second kappa shape index (κ2) is 9.70. The van der Waals surface area contributed by atoms with Gasteiger partial charge >= 0.3 is 0 Å². The number of hydrogen-bond acceptors (Lipinski definition) is 5. The van der Waals surface area contributed by atoms with Crippen molar-refractivity contribution in [2.45, 2.75) is 0 Å². The molecule has 3 rings (SSSR count). The molecule has 0 aliphatic heterocycles. The molecular weight excluding hydrogens is 438 g/mol. The first-order valence-corrected chi connectivity index (χ1v) is 9.47. The Balaban J connectivity index is 1.61. The maximum atomic E-state index is 12.4. The predicted octanol–water partition coefficient (Wildman–Crippen LogP) is 4.01. The number of nitrogens with one attached hydrogen (secondary N) is 2. The average Bonchev–Trinajstić information content (AvgIpc) is 2.73. The fourth-order valence-corrected chi connectivity index (χ4v) is 2.69. The fourth-order valence-electron chi connectivity index (χ4n) is 2.31. The molecule has 0 saturated heterocycles. The van der Waals surface area contributed by atoms with Gasteiger partial charge in [0.05, 0.1) is 5.56 Å².